The minimum atomic E-state index is -0.382. The van der Waals surface area contributed by atoms with Gasteiger partial charge in [-0.15, -0.1) is 0 Å². The highest BCUT2D eigenvalue weighted by atomic mass is 16.5. The second-order valence-corrected chi connectivity index (χ2v) is 9.38. The lowest BCUT2D eigenvalue weighted by Crippen LogP contribution is -2.45. The maximum Gasteiger partial charge on any atom is 0.411 e. The van der Waals surface area contributed by atoms with Crippen molar-refractivity contribution in [3.63, 3.8) is 0 Å². The van der Waals surface area contributed by atoms with Gasteiger partial charge in [0.05, 0.1) is 0 Å². The average molecular weight is 449 g/mol. The highest BCUT2D eigenvalue weighted by molar-refractivity contribution is 5.85. The number of carbonyl (C=O) groups excluding carboxylic acids is 1. The average Bonchev–Trinajstić information content (AvgIpc) is 3.22. The van der Waals surface area contributed by atoms with Crippen LogP contribution in [0.5, 0.6) is 0 Å². The molecule has 1 amide bonds. The SMILES string of the molecule is CC(C)c1cc(CCc2c[nH]c3ccccc23)cc(NC(=O)OCCN2CCN(C)CC2)c1. The molecule has 4 rings (SSSR count). The summed E-state index contributed by atoms with van der Waals surface area (Å²) in [5, 5.41) is 4.23. The molecule has 1 saturated heterocycles. The van der Waals surface area contributed by atoms with Gasteiger partial charge in [0.2, 0.25) is 0 Å². The number of aryl methyl sites for hydroxylation is 2. The number of aromatic amines is 1. The van der Waals surface area contributed by atoms with Gasteiger partial charge in [0.25, 0.3) is 0 Å². The molecule has 6 heteroatoms. The Morgan fingerprint density at radius 2 is 1.88 bits per heavy atom. The van der Waals surface area contributed by atoms with E-state index < -0.39 is 0 Å². The number of piperazine rings is 1. The number of hydrogen-bond acceptors (Lipinski definition) is 4. The summed E-state index contributed by atoms with van der Waals surface area (Å²) in [4.78, 5) is 20.4. The zero-order valence-electron chi connectivity index (χ0n) is 20.1. The van der Waals surface area contributed by atoms with Crippen molar-refractivity contribution in [1.82, 2.24) is 14.8 Å². The first-order chi connectivity index (χ1) is 16.0. The van der Waals surface area contributed by atoms with Crippen molar-refractivity contribution in [1.29, 1.82) is 0 Å². The van der Waals surface area contributed by atoms with Crippen molar-refractivity contribution in [2.75, 3.05) is 51.7 Å². The summed E-state index contributed by atoms with van der Waals surface area (Å²) in [5.41, 5.74) is 5.74. The highest BCUT2D eigenvalue weighted by Gasteiger charge is 2.14. The quantitative estimate of drug-likeness (QED) is 0.516. The Morgan fingerprint density at radius 3 is 2.67 bits per heavy atom. The Morgan fingerprint density at radius 1 is 1.09 bits per heavy atom. The summed E-state index contributed by atoms with van der Waals surface area (Å²) < 4.78 is 5.47. The number of anilines is 1. The van der Waals surface area contributed by atoms with Gasteiger partial charge in [-0.05, 0) is 60.7 Å². The van der Waals surface area contributed by atoms with Crippen molar-refractivity contribution < 1.29 is 9.53 Å². The molecule has 0 radical (unpaired) electrons. The zero-order valence-corrected chi connectivity index (χ0v) is 20.1. The third-order valence-electron chi connectivity index (χ3n) is 6.52. The number of nitrogens with one attached hydrogen (secondary N) is 2. The van der Waals surface area contributed by atoms with Crippen molar-refractivity contribution >= 4 is 22.7 Å². The van der Waals surface area contributed by atoms with Gasteiger partial charge in [0.15, 0.2) is 0 Å². The highest BCUT2D eigenvalue weighted by Crippen LogP contribution is 2.24. The van der Waals surface area contributed by atoms with Crippen LogP contribution in [0.3, 0.4) is 0 Å². The summed E-state index contributed by atoms with van der Waals surface area (Å²) in [6.07, 6.45) is 3.58. The van der Waals surface area contributed by atoms with E-state index >= 15 is 0 Å². The Labute approximate surface area is 196 Å². The van der Waals surface area contributed by atoms with Crippen LogP contribution in [0.2, 0.25) is 0 Å². The van der Waals surface area contributed by atoms with Crippen molar-refractivity contribution in [2.24, 2.45) is 0 Å². The standard InChI is InChI=1S/C27H36N4O2/c1-20(2)23-16-21(8-9-22-19-28-26-7-5-4-6-25(22)26)17-24(18-23)29-27(32)33-15-14-31-12-10-30(3)11-13-31/h4-7,16-20,28H,8-15H2,1-3H3,(H,29,32). The fraction of sp³-hybridized carbons (Fsp3) is 0.444. The van der Waals surface area contributed by atoms with Crippen LogP contribution in [0.15, 0.2) is 48.7 Å². The van der Waals surface area contributed by atoms with Gasteiger partial charge in [-0.1, -0.05) is 38.1 Å². The molecule has 176 valence electrons. The van der Waals surface area contributed by atoms with Crippen LogP contribution >= 0.6 is 0 Å². The van der Waals surface area contributed by atoms with E-state index in [1.165, 1.54) is 27.6 Å². The van der Waals surface area contributed by atoms with E-state index in [1.807, 2.05) is 0 Å². The molecule has 0 bridgehead atoms. The van der Waals surface area contributed by atoms with Crippen LogP contribution in [0, 0.1) is 0 Å². The maximum absolute atomic E-state index is 12.4. The molecule has 1 fully saturated rings. The van der Waals surface area contributed by atoms with Gasteiger partial charge in [0, 0.05) is 55.5 Å². The van der Waals surface area contributed by atoms with Crippen LogP contribution in [-0.2, 0) is 17.6 Å². The number of aromatic nitrogens is 1. The lowest BCUT2D eigenvalue weighted by atomic mass is 9.96. The number of hydrogen-bond donors (Lipinski definition) is 2. The second-order valence-electron chi connectivity index (χ2n) is 9.38. The number of H-pyrrole nitrogens is 1. The van der Waals surface area contributed by atoms with Crippen molar-refractivity contribution in [2.45, 2.75) is 32.6 Å². The third-order valence-corrected chi connectivity index (χ3v) is 6.52. The van der Waals surface area contributed by atoms with Gasteiger partial charge in [-0.25, -0.2) is 4.79 Å². The molecule has 2 heterocycles. The van der Waals surface area contributed by atoms with Gasteiger partial charge >= 0.3 is 6.09 Å². The van der Waals surface area contributed by atoms with Gasteiger partial charge in [0.1, 0.15) is 6.61 Å². The van der Waals surface area contributed by atoms with E-state index in [9.17, 15) is 4.79 Å². The number of nitrogens with zero attached hydrogens (tertiary/aromatic N) is 2. The van der Waals surface area contributed by atoms with Crippen LogP contribution < -0.4 is 5.32 Å². The topological polar surface area (TPSA) is 60.6 Å². The van der Waals surface area contributed by atoms with E-state index in [1.54, 1.807) is 0 Å². The molecule has 0 aliphatic carbocycles. The van der Waals surface area contributed by atoms with Gasteiger partial charge in [-0.3, -0.25) is 10.2 Å². The molecular weight excluding hydrogens is 412 g/mol. The van der Waals surface area contributed by atoms with E-state index in [0.29, 0.717) is 12.5 Å². The third kappa shape index (κ3) is 6.36. The molecule has 0 spiro atoms. The van der Waals surface area contributed by atoms with Crippen LogP contribution in [0.25, 0.3) is 10.9 Å². The monoisotopic (exact) mass is 448 g/mol. The number of para-hydroxylation sites is 1. The Bertz CT molecular complexity index is 1070. The molecule has 1 aliphatic heterocycles. The molecule has 3 aromatic rings. The summed E-state index contributed by atoms with van der Waals surface area (Å²) in [6.45, 7) is 9.73. The molecule has 0 saturated carbocycles. The molecule has 0 unspecified atom stereocenters. The smallest absolute Gasteiger partial charge is 0.411 e. The van der Waals surface area contributed by atoms with Crippen LogP contribution in [0.4, 0.5) is 10.5 Å². The summed E-state index contributed by atoms with van der Waals surface area (Å²) in [6, 6.07) is 14.8. The fourth-order valence-electron chi connectivity index (χ4n) is 4.38. The summed E-state index contributed by atoms with van der Waals surface area (Å²) in [7, 11) is 2.14. The first-order valence-corrected chi connectivity index (χ1v) is 12.0. The minimum Gasteiger partial charge on any atom is -0.448 e. The van der Waals surface area contributed by atoms with Crippen LogP contribution in [-0.4, -0.2) is 67.3 Å². The molecule has 33 heavy (non-hydrogen) atoms. The molecular formula is C27H36N4O2. The number of amides is 1. The fourth-order valence-corrected chi connectivity index (χ4v) is 4.38. The number of likely N-dealkylation sites (N-methyl/N-ethyl adjacent to an activating group) is 1. The molecule has 6 nitrogen and oxygen atoms in total. The van der Waals surface area contributed by atoms with Crippen molar-refractivity contribution in [3.8, 4) is 0 Å². The molecule has 2 N–H and O–H groups in total. The lowest BCUT2D eigenvalue weighted by Gasteiger charge is -2.32. The molecule has 1 aromatic heterocycles. The summed E-state index contributed by atoms with van der Waals surface area (Å²) >= 11 is 0. The predicted octanol–water partition coefficient (Wildman–Crippen LogP) is 4.87. The Balaban J connectivity index is 1.34. The summed E-state index contributed by atoms with van der Waals surface area (Å²) in [5.74, 6) is 0.381. The lowest BCUT2D eigenvalue weighted by molar-refractivity contribution is 0.111. The number of fused-ring (bicyclic) bond motifs is 1. The number of rotatable bonds is 8. The van der Waals surface area contributed by atoms with Gasteiger partial charge in [-0.2, -0.15) is 0 Å². The van der Waals surface area contributed by atoms with Crippen molar-refractivity contribution in [3.05, 3.63) is 65.4 Å². The number of carbonyl (C=O) groups is 1. The van der Waals surface area contributed by atoms with Crippen LogP contribution in [0.1, 0.15) is 36.5 Å². The Hall–Kier alpha value is -2.83. The van der Waals surface area contributed by atoms with E-state index in [-0.39, 0.29) is 6.09 Å². The van der Waals surface area contributed by atoms with E-state index in [4.69, 9.17) is 4.74 Å². The molecule has 0 atom stereocenters. The zero-order chi connectivity index (χ0) is 23.2. The minimum absolute atomic E-state index is 0.381. The van der Waals surface area contributed by atoms with Gasteiger partial charge < -0.3 is 14.6 Å². The first kappa shape index (κ1) is 23.3. The Kier molecular flexibility index (Phi) is 7.68. The maximum atomic E-state index is 12.4. The van der Waals surface area contributed by atoms with E-state index in [0.717, 1.165) is 51.3 Å². The second kappa shape index (κ2) is 10.9. The normalized spacial score (nSPS) is 15.3. The first-order valence-electron chi connectivity index (χ1n) is 12.0. The molecule has 2 aromatic carbocycles. The number of benzene rings is 2. The largest absolute Gasteiger partial charge is 0.448 e. The number of ether oxygens (including phenoxy) is 1. The molecule has 1 aliphatic rings. The van der Waals surface area contributed by atoms with E-state index in [2.05, 4.69) is 89.7 Å². The predicted molar refractivity (Wildman–Crippen MR) is 135 cm³/mol.